The zero-order valence-corrected chi connectivity index (χ0v) is 12.8. The van der Waals surface area contributed by atoms with Crippen LogP contribution in [0, 0.1) is 11.8 Å². The van der Waals surface area contributed by atoms with Gasteiger partial charge in [-0.3, -0.25) is 4.79 Å². The van der Waals surface area contributed by atoms with Gasteiger partial charge in [-0.25, -0.2) is 0 Å². The van der Waals surface area contributed by atoms with Gasteiger partial charge in [0.2, 0.25) is 5.91 Å². The Hall–Kier alpha value is -0.280. The first-order valence-corrected chi connectivity index (χ1v) is 7.77. The summed E-state index contributed by atoms with van der Waals surface area (Å²) < 4.78 is 0. The van der Waals surface area contributed by atoms with Crippen molar-refractivity contribution in [2.24, 2.45) is 11.8 Å². The van der Waals surface area contributed by atoms with E-state index in [1.165, 1.54) is 32.1 Å². The third-order valence-corrected chi connectivity index (χ3v) is 4.90. The molecule has 1 amide bonds. The maximum absolute atomic E-state index is 12.5. The van der Waals surface area contributed by atoms with Crippen LogP contribution in [-0.4, -0.2) is 36.0 Å². The molecule has 3 nitrogen and oxygen atoms in total. The zero-order valence-electron chi connectivity index (χ0n) is 11.9. The Morgan fingerprint density at radius 2 is 2.00 bits per heavy atom. The highest BCUT2D eigenvalue weighted by molar-refractivity contribution is 5.85. The Bertz CT molecular complexity index is 309. The maximum Gasteiger partial charge on any atom is 0.223 e. The molecule has 4 heteroatoms. The summed E-state index contributed by atoms with van der Waals surface area (Å²) >= 11 is 0. The van der Waals surface area contributed by atoms with E-state index in [2.05, 4.69) is 17.1 Å². The van der Waals surface area contributed by atoms with Gasteiger partial charge in [0.25, 0.3) is 0 Å². The van der Waals surface area contributed by atoms with Crippen molar-refractivity contribution in [2.45, 2.75) is 64.0 Å². The number of amides is 1. The molecule has 0 spiro atoms. The van der Waals surface area contributed by atoms with E-state index in [0.717, 1.165) is 37.8 Å². The van der Waals surface area contributed by atoms with E-state index in [0.29, 0.717) is 18.0 Å². The molecule has 1 saturated heterocycles. The minimum absolute atomic E-state index is 0. The zero-order chi connectivity index (χ0) is 12.5. The summed E-state index contributed by atoms with van der Waals surface area (Å²) in [5.41, 5.74) is 0. The average molecular weight is 287 g/mol. The Balaban J connectivity index is 0.00000133. The second-order valence-corrected chi connectivity index (χ2v) is 6.51. The molecule has 3 fully saturated rings. The minimum Gasteiger partial charge on any atom is -0.337 e. The number of carbonyl (C=O) groups excluding carboxylic acids is 1. The van der Waals surface area contributed by atoms with E-state index in [1.54, 1.807) is 0 Å². The summed E-state index contributed by atoms with van der Waals surface area (Å²) in [5.74, 6) is 1.98. The van der Waals surface area contributed by atoms with Gasteiger partial charge >= 0.3 is 0 Å². The predicted molar refractivity (Wildman–Crippen MR) is 79.5 cm³/mol. The maximum atomic E-state index is 12.5. The van der Waals surface area contributed by atoms with Crippen LogP contribution in [0.1, 0.15) is 51.9 Å². The van der Waals surface area contributed by atoms with Crippen LogP contribution in [0.3, 0.4) is 0 Å². The number of nitrogens with one attached hydrogen (secondary N) is 1. The van der Waals surface area contributed by atoms with E-state index in [1.807, 2.05) is 0 Å². The fourth-order valence-corrected chi connectivity index (χ4v) is 3.34. The lowest BCUT2D eigenvalue weighted by molar-refractivity contribution is -0.134. The minimum atomic E-state index is 0. The van der Waals surface area contributed by atoms with Crippen LogP contribution < -0.4 is 5.32 Å². The van der Waals surface area contributed by atoms with Crippen molar-refractivity contribution in [3.05, 3.63) is 0 Å². The lowest BCUT2D eigenvalue weighted by atomic mass is 10.0. The van der Waals surface area contributed by atoms with Crippen LogP contribution in [0.4, 0.5) is 0 Å². The van der Waals surface area contributed by atoms with Gasteiger partial charge in [-0.05, 0) is 70.4 Å². The number of rotatable bonds is 6. The number of hydrogen-bond donors (Lipinski definition) is 1. The second-order valence-electron chi connectivity index (χ2n) is 6.51. The van der Waals surface area contributed by atoms with Crippen molar-refractivity contribution >= 4 is 18.3 Å². The van der Waals surface area contributed by atoms with Gasteiger partial charge in [0.05, 0.1) is 0 Å². The van der Waals surface area contributed by atoms with Gasteiger partial charge in [-0.1, -0.05) is 0 Å². The lowest BCUT2D eigenvalue weighted by Crippen LogP contribution is -2.41. The molecular weight excluding hydrogens is 260 g/mol. The van der Waals surface area contributed by atoms with E-state index in [4.69, 9.17) is 0 Å². The highest BCUT2D eigenvalue weighted by Gasteiger charge is 2.41. The monoisotopic (exact) mass is 286 g/mol. The highest BCUT2D eigenvalue weighted by atomic mass is 35.5. The SMILES string of the molecule is CC(C1CC1)N(C(=O)CCC1CCNC1)C1CC1.Cl. The average Bonchev–Trinajstić information content (AvgIpc) is 3.27. The smallest absolute Gasteiger partial charge is 0.223 e. The van der Waals surface area contributed by atoms with Crippen molar-refractivity contribution in [1.82, 2.24) is 10.2 Å². The van der Waals surface area contributed by atoms with Crippen LogP contribution in [0.5, 0.6) is 0 Å². The number of carbonyl (C=O) groups is 1. The standard InChI is InChI=1S/C15H26N2O.ClH/c1-11(13-3-4-13)17(14-5-6-14)15(18)7-2-12-8-9-16-10-12;/h11-14,16H,2-10H2,1H3;1H. The molecule has 0 bridgehead atoms. The van der Waals surface area contributed by atoms with E-state index in [9.17, 15) is 4.79 Å². The van der Waals surface area contributed by atoms with Crippen LogP contribution in [0.2, 0.25) is 0 Å². The molecule has 1 heterocycles. The van der Waals surface area contributed by atoms with Crippen molar-refractivity contribution in [1.29, 1.82) is 0 Å². The summed E-state index contributed by atoms with van der Waals surface area (Å²) in [4.78, 5) is 14.7. The molecule has 2 atom stereocenters. The third kappa shape index (κ3) is 3.85. The molecule has 2 saturated carbocycles. The van der Waals surface area contributed by atoms with Crippen LogP contribution in [0.25, 0.3) is 0 Å². The Labute approximate surface area is 122 Å². The summed E-state index contributed by atoms with van der Waals surface area (Å²) in [6.45, 7) is 4.53. The molecule has 2 aliphatic carbocycles. The number of hydrogen-bond acceptors (Lipinski definition) is 2. The largest absolute Gasteiger partial charge is 0.337 e. The molecular formula is C15H27ClN2O. The van der Waals surface area contributed by atoms with Gasteiger partial charge in [-0.2, -0.15) is 0 Å². The third-order valence-electron chi connectivity index (χ3n) is 4.90. The van der Waals surface area contributed by atoms with Crippen molar-refractivity contribution in [3.63, 3.8) is 0 Å². The molecule has 0 aromatic rings. The summed E-state index contributed by atoms with van der Waals surface area (Å²) in [6, 6.07) is 1.10. The first-order chi connectivity index (χ1) is 8.75. The Morgan fingerprint density at radius 1 is 1.26 bits per heavy atom. The van der Waals surface area contributed by atoms with E-state index in [-0.39, 0.29) is 12.4 Å². The van der Waals surface area contributed by atoms with Crippen molar-refractivity contribution in [2.75, 3.05) is 13.1 Å². The summed E-state index contributed by atoms with van der Waals surface area (Å²) in [7, 11) is 0. The van der Waals surface area contributed by atoms with Gasteiger partial charge in [0.1, 0.15) is 0 Å². The van der Waals surface area contributed by atoms with Crippen LogP contribution in [0.15, 0.2) is 0 Å². The quantitative estimate of drug-likeness (QED) is 0.814. The summed E-state index contributed by atoms with van der Waals surface area (Å²) in [6.07, 6.45) is 8.29. The fourth-order valence-electron chi connectivity index (χ4n) is 3.34. The molecule has 19 heavy (non-hydrogen) atoms. The molecule has 1 aliphatic heterocycles. The van der Waals surface area contributed by atoms with Crippen molar-refractivity contribution in [3.8, 4) is 0 Å². The number of halogens is 1. The van der Waals surface area contributed by atoms with Gasteiger partial charge in [0, 0.05) is 18.5 Å². The molecule has 2 unspecified atom stereocenters. The number of nitrogens with zero attached hydrogens (tertiary/aromatic N) is 1. The Kier molecular flexibility index (Phi) is 5.13. The Morgan fingerprint density at radius 3 is 2.53 bits per heavy atom. The van der Waals surface area contributed by atoms with Gasteiger partial charge in [0.15, 0.2) is 0 Å². The molecule has 0 radical (unpaired) electrons. The van der Waals surface area contributed by atoms with E-state index < -0.39 is 0 Å². The molecule has 1 N–H and O–H groups in total. The lowest BCUT2D eigenvalue weighted by Gasteiger charge is -2.30. The van der Waals surface area contributed by atoms with Crippen LogP contribution in [-0.2, 0) is 4.79 Å². The van der Waals surface area contributed by atoms with Gasteiger partial charge < -0.3 is 10.2 Å². The normalized spacial score (nSPS) is 27.7. The molecule has 110 valence electrons. The predicted octanol–water partition coefficient (Wildman–Crippen LogP) is 2.59. The molecule has 0 aromatic heterocycles. The molecule has 3 aliphatic rings. The molecule has 0 aromatic carbocycles. The van der Waals surface area contributed by atoms with Gasteiger partial charge in [-0.15, -0.1) is 12.4 Å². The second kappa shape index (κ2) is 6.45. The van der Waals surface area contributed by atoms with E-state index >= 15 is 0 Å². The first kappa shape index (κ1) is 15.1. The molecule has 3 rings (SSSR count). The van der Waals surface area contributed by atoms with Crippen LogP contribution >= 0.6 is 12.4 Å². The summed E-state index contributed by atoms with van der Waals surface area (Å²) in [5, 5.41) is 3.39. The van der Waals surface area contributed by atoms with Crippen molar-refractivity contribution < 1.29 is 4.79 Å². The fraction of sp³-hybridized carbons (Fsp3) is 0.933. The highest BCUT2D eigenvalue weighted by Crippen LogP contribution is 2.40. The topological polar surface area (TPSA) is 32.3 Å². The first-order valence-electron chi connectivity index (χ1n) is 7.77.